The van der Waals surface area contributed by atoms with Crippen LogP contribution in [0.3, 0.4) is 0 Å². The Kier molecular flexibility index (Phi) is 5.10. The Hall–Kier alpha value is -0.450. The molecule has 17 heavy (non-hydrogen) atoms. The second-order valence-corrected chi connectivity index (χ2v) is 5.84. The lowest BCUT2D eigenvalue weighted by atomic mass is 9.95. The molecule has 0 spiro atoms. The molecule has 0 aliphatic rings. The maximum Gasteiger partial charge on any atom is 0.129 e. The molecule has 0 heterocycles. The fraction of sp³-hybridized carbons (Fsp3) is 0.538. The molecule has 2 N–H and O–H groups in total. The largest absolute Gasteiger partial charge is 0.384 e. The molecule has 0 aliphatic heterocycles. The van der Waals surface area contributed by atoms with Gasteiger partial charge >= 0.3 is 0 Å². The van der Waals surface area contributed by atoms with Crippen LogP contribution >= 0.6 is 15.9 Å². The van der Waals surface area contributed by atoms with Crippen LogP contribution in [0.5, 0.6) is 0 Å². The molecular weight excluding hydrogens is 285 g/mol. The summed E-state index contributed by atoms with van der Waals surface area (Å²) in [5.74, 6) is 0.114. The number of aliphatic hydroxyl groups is 1. The van der Waals surface area contributed by atoms with Gasteiger partial charge in [-0.05, 0) is 37.6 Å². The second-order valence-electron chi connectivity index (χ2n) is 4.92. The predicted octanol–water partition coefficient (Wildman–Crippen LogP) is 3.04. The molecule has 0 fully saturated rings. The van der Waals surface area contributed by atoms with E-state index >= 15 is 0 Å². The van der Waals surface area contributed by atoms with Crippen LogP contribution in [-0.4, -0.2) is 18.2 Å². The lowest BCUT2D eigenvalue weighted by Gasteiger charge is -2.25. The van der Waals surface area contributed by atoms with E-state index in [9.17, 15) is 9.50 Å². The highest BCUT2D eigenvalue weighted by atomic mass is 79.9. The van der Waals surface area contributed by atoms with Crippen molar-refractivity contribution in [3.8, 4) is 0 Å². The molecule has 1 aromatic carbocycles. The molecule has 2 nitrogen and oxygen atoms in total. The predicted molar refractivity (Wildman–Crippen MR) is 71.4 cm³/mol. The van der Waals surface area contributed by atoms with E-state index < -0.39 is 5.60 Å². The van der Waals surface area contributed by atoms with Crippen molar-refractivity contribution >= 4 is 15.9 Å². The van der Waals surface area contributed by atoms with E-state index in [1.165, 1.54) is 6.07 Å². The zero-order valence-corrected chi connectivity index (χ0v) is 12.0. The van der Waals surface area contributed by atoms with Gasteiger partial charge in [0.1, 0.15) is 11.4 Å². The first-order valence-corrected chi connectivity index (χ1v) is 6.51. The average Bonchev–Trinajstić information content (AvgIpc) is 2.20. The smallest absolute Gasteiger partial charge is 0.129 e. The van der Waals surface area contributed by atoms with Crippen LogP contribution in [-0.2, 0) is 5.60 Å². The normalized spacial score (nSPS) is 15.0. The Morgan fingerprint density at radius 2 is 2.12 bits per heavy atom. The van der Waals surface area contributed by atoms with E-state index in [4.69, 9.17) is 0 Å². The van der Waals surface area contributed by atoms with E-state index in [-0.39, 0.29) is 5.82 Å². The first-order valence-electron chi connectivity index (χ1n) is 5.71. The Morgan fingerprint density at radius 3 is 2.71 bits per heavy atom. The van der Waals surface area contributed by atoms with Crippen LogP contribution in [0.4, 0.5) is 4.39 Å². The highest BCUT2D eigenvalue weighted by Gasteiger charge is 2.26. The number of hydrogen-bond acceptors (Lipinski definition) is 2. The van der Waals surface area contributed by atoms with Crippen molar-refractivity contribution in [2.75, 3.05) is 13.1 Å². The molecule has 1 atom stereocenters. The summed E-state index contributed by atoms with van der Waals surface area (Å²) in [6, 6.07) is 4.60. The molecule has 0 saturated heterocycles. The number of benzene rings is 1. The maximum absolute atomic E-state index is 13.6. The highest BCUT2D eigenvalue weighted by molar-refractivity contribution is 9.10. The van der Waals surface area contributed by atoms with E-state index in [0.29, 0.717) is 18.0 Å². The fourth-order valence-corrected chi connectivity index (χ4v) is 1.97. The quantitative estimate of drug-likeness (QED) is 0.876. The first kappa shape index (κ1) is 14.6. The van der Waals surface area contributed by atoms with Crippen LogP contribution in [0.2, 0.25) is 0 Å². The van der Waals surface area contributed by atoms with Gasteiger partial charge in [0, 0.05) is 16.6 Å². The molecule has 0 amide bonds. The summed E-state index contributed by atoms with van der Waals surface area (Å²) in [4.78, 5) is 0. The third kappa shape index (κ3) is 4.37. The molecule has 0 aromatic heterocycles. The van der Waals surface area contributed by atoms with Gasteiger partial charge in [0.05, 0.1) is 0 Å². The van der Waals surface area contributed by atoms with E-state index in [0.717, 1.165) is 11.0 Å². The summed E-state index contributed by atoms with van der Waals surface area (Å²) in [5.41, 5.74) is -0.897. The standard InChI is InChI=1S/C13H19BrFNO/c1-9(2)7-16-8-13(3,17)11-6-10(14)4-5-12(11)15/h4-6,9,16-17H,7-8H2,1-3H3. The molecule has 1 aromatic rings. The van der Waals surface area contributed by atoms with Crippen molar-refractivity contribution in [3.63, 3.8) is 0 Å². The van der Waals surface area contributed by atoms with E-state index in [1.54, 1.807) is 19.1 Å². The molecule has 1 rings (SSSR count). The lowest BCUT2D eigenvalue weighted by molar-refractivity contribution is 0.0526. The molecule has 4 heteroatoms. The zero-order valence-electron chi connectivity index (χ0n) is 10.4. The van der Waals surface area contributed by atoms with Gasteiger partial charge in [0.15, 0.2) is 0 Å². The van der Waals surface area contributed by atoms with Crippen molar-refractivity contribution in [2.45, 2.75) is 26.4 Å². The van der Waals surface area contributed by atoms with Gasteiger partial charge < -0.3 is 10.4 Å². The summed E-state index contributed by atoms with van der Waals surface area (Å²) >= 11 is 3.28. The SMILES string of the molecule is CC(C)CNCC(C)(O)c1cc(Br)ccc1F. The second kappa shape index (κ2) is 5.94. The first-order chi connectivity index (χ1) is 7.83. The summed E-state index contributed by atoms with van der Waals surface area (Å²) in [6.45, 7) is 6.91. The third-order valence-corrected chi connectivity index (χ3v) is 3.02. The fourth-order valence-electron chi connectivity index (χ4n) is 1.61. The molecular formula is C13H19BrFNO. The van der Waals surface area contributed by atoms with E-state index in [2.05, 4.69) is 35.1 Å². The van der Waals surface area contributed by atoms with Gasteiger partial charge in [-0.25, -0.2) is 4.39 Å². The topological polar surface area (TPSA) is 32.3 Å². The number of rotatable bonds is 5. The van der Waals surface area contributed by atoms with Gasteiger partial charge in [0.2, 0.25) is 0 Å². The van der Waals surface area contributed by atoms with Gasteiger partial charge in [-0.2, -0.15) is 0 Å². The minimum absolute atomic E-state index is 0.308. The monoisotopic (exact) mass is 303 g/mol. The van der Waals surface area contributed by atoms with Crippen LogP contribution in [0, 0.1) is 11.7 Å². The summed E-state index contributed by atoms with van der Waals surface area (Å²) in [5, 5.41) is 13.4. The summed E-state index contributed by atoms with van der Waals surface area (Å²) in [7, 11) is 0. The van der Waals surface area contributed by atoms with Crippen molar-refractivity contribution in [1.82, 2.24) is 5.32 Å². The molecule has 96 valence electrons. The van der Waals surface area contributed by atoms with Crippen LogP contribution in [0.15, 0.2) is 22.7 Å². The highest BCUT2D eigenvalue weighted by Crippen LogP contribution is 2.26. The van der Waals surface area contributed by atoms with E-state index in [1.807, 2.05) is 0 Å². The van der Waals surface area contributed by atoms with Gasteiger partial charge in [0.25, 0.3) is 0 Å². The molecule has 0 saturated carbocycles. The Morgan fingerprint density at radius 1 is 1.47 bits per heavy atom. The van der Waals surface area contributed by atoms with Crippen LogP contribution in [0.25, 0.3) is 0 Å². The van der Waals surface area contributed by atoms with Gasteiger partial charge in [-0.1, -0.05) is 29.8 Å². The van der Waals surface area contributed by atoms with Crippen LogP contribution < -0.4 is 5.32 Å². The Balaban J connectivity index is 2.77. The van der Waals surface area contributed by atoms with Gasteiger partial charge in [-0.3, -0.25) is 0 Å². The van der Waals surface area contributed by atoms with Crippen molar-refractivity contribution in [2.24, 2.45) is 5.92 Å². The molecule has 0 radical (unpaired) electrons. The van der Waals surface area contributed by atoms with Crippen LogP contribution in [0.1, 0.15) is 26.3 Å². The summed E-state index contributed by atoms with van der Waals surface area (Å²) < 4.78 is 14.4. The van der Waals surface area contributed by atoms with Gasteiger partial charge in [-0.15, -0.1) is 0 Å². The molecule has 0 aliphatic carbocycles. The maximum atomic E-state index is 13.6. The third-order valence-electron chi connectivity index (χ3n) is 2.53. The minimum atomic E-state index is -1.21. The van der Waals surface area contributed by atoms with Crippen molar-refractivity contribution < 1.29 is 9.50 Å². The molecule has 1 unspecified atom stereocenters. The van der Waals surface area contributed by atoms with Crippen molar-refractivity contribution in [3.05, 3.63) is 34.1 Å². The number of nitrogens with one attached hydrogen (secondary N) is 1. The Labute approximate surface area is 110 Å². The number of hydrogen-bond donors (Lipinski definition) is 2. The van der Waals surface area contributed by atoms with Crippen molar-refractivity contribution in [1.29, 1.82) is 0 Å². The lowest BCUT2D eigenvalue weighted by Crippen LogP contribution is -2.37. The minimum Gasteiger partial charge on any atom is -0.384 e. The molecule has 0 bridgehead atoms. The zero-order chi connectivity index (χ0) is 13.1. The average molecular weight is 304 g/mol. The number of halogens is 2. The summed E-state index contributed by atoms with van der Waals surface area (Å²) in [6.07, 6.45) is 0. The Bertz CT molecular complexity index is 380.